The van der Waals surface area contributed by atoms with E-state index in [9.17, 15) is 9.90 Å². The molecule has 0 radical (unpaired) electrons. The summed E-state index contributed by atoms with van der Waals surface area (Å²) in [5.41, 5.74) is 6.04. The minimum Gasteiger partial charge on any atom is -0.504 e. The van der Waals surface area contributed by atoms with Crippen LogP contribution in [0.15, 0.2) is 18.2 Å². The van der Waals surface area contributed by atoms with E-state index in [4.69, 9.17) is 22.7 Å². The molecule has 15 heavy (non-hydrogen) atoms. The molecule has 0 aliphatic heterocycles. The number of hydrogen-bond donors (Lipinski definition) is 3. The van der Waals surface area contributed by atoms with Crippen LogP contribution in [0.25, 0.3) is 0 Å². The number of benzene rings is 1. The molecule has 0 aliphatic carbocycles. The second-order valence-corrected chi connectivity index (χ2v) is 3.18. The third kappa shape index (κ3) is 3.00. The number of carbonyl (C=O) groups excluding carboxylic acids is 1. The molecule has 1 atom stereocenters. The Hall–Kier alpha value is -1.46. The first-order chi connectivity index (χ1) is 7.04. The first-order valence-electron chi connectivity index (χ1n) is 4.13. The molecule has 0 bridgehead atoms. The van der Waals surface area contributed by atoms with Gasteiger partial charge in [0.05, 0.1) is 0 Å². The van der Waals surface area contributed by atoms with Gasteiger partial charge in [0.2, 0.25) is 0 Å². The van der Waals surface area contributed by atoms with Gasteiger partial charge in [-0.2, -0.15) is 0 Å². The summed E-state index contributed by atoms with van der Waals surface area (Å²) in [6.07, 6.45) is 0.166. The Kier molecular flexibility index (Phi) is 3.76. The topological polar surface area (TPSA) is 92.8 Å². The molecule has 0 saturated heterocycles. The molecule has 1 aromatic carbocycles. The molecule has 1 aromatic rings. The molecule has 0 saturated carbocycles. The molecule has 0 fully saturated rings. The van der Waals surface area contributed by atoms with Crippen molar-refractivity contribution in [2.75, 3.05) is 0 Å². The van der Waals surface area contributed by atoms with Crippen LogP contribution in [0, 0.1) is 0 Å². The highest BCUT2D eigenvalue weighted by atomic mass is 35.5. The Morgan fingerprint density at radius 2 is 2.13 bits per heavy atom. The van der Waals surface area contributed by atoms with Crippen molar-refractivity contribution in [3.63, 3.8) is 0 Å². The first kappa shape index (κ1) is 11.6. The lowest BCUT2D eigenvalue weighted by Gasteiger charge is -2.08. The van der Waals surface area contributed by atoms with Gasteiger partial charge in [-0.3, -0.25) is 0 Å². The minimum absolute atomic E-state index is 0.166. The third-order valence-corrected chi connectivity index (χ3v) is 2.03. The van der Waals surface area contributed by atoms with Gasteiger partial charge in [0, 0.05) is 0 Å². The van der Waals surface area contributed by atoms with E-state index in [1.54, 1.807) is 0 Å². The summed E-state index contributed by atoms with van der Waals surface area (Å²) in [6, 6.07) is 3.27. The Labute approximate surface area is 91.2 Å². The van der Waals surface area contributed by atoms with Crippen molar-refractivity contribution in [2.24, 2.45) is 5.73 Å². The van der Waals surface area contributed by atoms with Crippen LogP contribution in [0.4, 0.5) is 0 Å². The second-order valence-electron chi connectivity index (χ2n) is 3.03. The van der Waals surface area contributed by atoms with E-state index in [0.29, 0.717) is 5.56 Å². The average Bonchev–Trinajstić information content (AvgIpc) is 2.22. The normalized spacial score (nSPS) is 12.1. The monoisotopic (exact) mass is 231 g/mol. The van der Waals surface area contributed by atoms with Gasteiger partial charge in [-0.15, -0.1) is 0 Å². The highest BCUT2D eigenvalue weighted by Gasteiger charge is 2.15. The summed E-state index contributed by atoms with van der Waals surface area (Å²) >= 11 is 4.85. The van der Waals surface area contributed by atoms with Crippen molar-refractivity contribution in [3.8, 4) is 11.5 Å². The Balaban J connectivity index is 2.73. The van der Waals surface area contributed by atoms with Crippen molar-refractivity contribution in [1.82, 2.24) is 0 Å². The van der Waals surface area contributed by atoms with E-state index in [-0.39, 0.29) is 17.9 Å². The van der Waals surface area contributed by atoms with Crippen LogP contribution in [0.3, 0.4) is 0 Å². The summed E-state index contributed by atoms with van der Waals surface area (Å²) in [5, 5.41) is 18.2. The van der Waals surface area contributed by atoms with Crippen molar-refractivity contribution in [2.45, 2.75) is 12.5 Å². The Morgan fingerprint density at radius 3 is 2.67 bits per heavy atom. The lowest BCUT2D eigenvalue weighted by Crippen LogP contribution is -2.32. The van der Waals surface area contributed by atoms with E-state index < -0.39 is 12.0 Å². The largest absolute Gasteiger partial charge is 0.504 e. The summed E-state index contributed by atoms with van der Waals surface area (Å²) < 4.78 is 3.93. The maximum atomic E-state index is 10.9. The van der Waals surface area contributed by atoms with Gasteiger partial charge >= 0.3 is 5.97 Å². The van der Waals surface area contributed by atoms with Gasteiger partial charge < -0.3 is 20.2 Å². The third-order valence-electron chi connectivity index (χ3n) is 1.87. The molecule has 0 aliphatic rings. The molecule has 4 N–H and O–H groups in total. The van der Waals surface area contributed by atoms with Crippen molar-refractivity contribution < 1.29 is 19.3 Å². The predicted octanol–water partition coefficient (Wildman–Crippen LogP) is 0.665. The van der Waals surface area contributed by atoms with Gasteiger partial charge in [-0.25, -0.2) is 4.79 Å². The molecule has 1 unspecified atom stereocenters. The molecule has 6 heteroatoms. The SMILES string of the molecule is NC(Cc1ccc(O)c(O)c1)C(=O)OCl. The molecule has 0 spiro atoms. The fraction of sp³-hybridized carbons (Fsp3) is 0.222. The second kappa shape index (κ2) is 4.86. The van der Waals surface area contributed by atoms with Crippen molar-refractivity contribution in [1.29, 1.82) is 0 Å². The van der Waals surface area contributed by atoms with E-state index in [1.807, 2.05) is 0 Å². The lowest BCUT2D eigenvalue weighted by atomic mass is 10.1. The van der Waals surface area contributed by atoms with Crippen LogP contribution < -0.4 is 5.73 Å². The summed E-state index contributed by atoms with van der Waals surface area (Å²) in [7, 11) is 0. The molecular weight excluding hydrogens is 222 g/mol. The fourth-order valence-electron chi connectivity index (χ4n) is 1.09. The highest BCUT2D eigenvalue weighted by molar-refractivity contribution is 6.13. The van der Waals surface area contributed by atoms with Crippen molar-refractivity contribution in [3.05, 3.63) is 23.8 Å². The fourth-order valence-corrected chi connectivity index (χ4v) is 1.20. The molecule has 1 rings (SSSR count). The van der Waals surface area contributed by atoms with Gasteiger partial charge in [-0.1, -0.05) is 6.07 Å². The number of nitrogens with two attached hydrogens (primary N) is 1. The molecule has 82 valence electrons. The maximum Gasteiger partial charge on any atom is 0.341 e. The quantitative estimate of drug-likeness (QED) is 0.665. The van der Waals surface area contributed by atoms with Gasteiger partial charge in [0.1, 0.15) is 17.9 Å². The van der Waals surface area contributed by atoms with E-state index in [0.717, 1.165) is 0 Å². The molecule has 0 amide bonds. The van der Waals surface area contributed by atoms with E-state index in [1.165, 1.54) is 18.2 Å². The first-order valence-corrected chi connectivity index (χ1v) is 4.44. The number of aromatic hydroxyl groups is 2. The number of carbonyl (C=O) groups is 1. The van der Waals surface area contributed by atoms with Crippen LogP contribution in [0.2, 0.25) is 0 Å². The number of rotatable bonds is 3. The molecule has 0 heterocycles. The number of hydrogen-bond acceptors (Lipinski definition) is 5. The lowest BCUT2D eigenvalue weighted by molar-refractivity contribution is -0.135. The van der Waals surface area contributed by atoms with Gasteiger partial charge in [-0.05, 0) is 24.1 Å². The summed E-state index contributed by atoms with van der Waals surface area (Å²) in [4.78, 5) is 10.9. The number of phenolic OH excluding ortho intramolecular Hbond substituents is 2. The van der Waals surface area contributed by atoms with Gasteiger partial charge in [0.25, 0.3) is 0 Å². The average molecular weight is 232 g/mol. The standard InChI is InChI=1S/C9H10ClNO4/c10-15-9(14)6(11)3-5-1-2-7(12)8(13)4-5/h1-2,4,6,12-13H,3,11H2. The zero-order valence-electron chi connectivity index (χ0n) is 7.68. The summed E-state index contributed by atoms with van der Waals surface area (Å²) in [6.45, 7) is 0. The molecule has 5 nitrogen and oxygen atoms in total. The maximum absolute atomic E-state index is 10.9. The van der Waals surface area contributed by atoms with Gasteiger partial charge in [0.15, 0.2) is 11.5 Å². The van der Waals surface area contributed by atoms with Crippen LogP contribution in [0.1, 0.15) is 5.56 Å². The van der Waals surface area contributed by atoms with Crippen LogP contribution in [-0.4, -0.2) is 22.2 Å². The zero-order valence-corrected chi connectivity index (χ0v) is 8.44. The van der Waals surface area contributed by atoms with Crippen LogP contribution in [-0.2, 0) is 15.5 Å². The molecular formula is C9H10ClNO4. The van der Waals surface area contributed by atoms with E-state index >= 15 is 0 Å². The zero-order chi connectivity index (χ0) is 11.4. The predicted molar refractivity (Wildman–Crippen MR) is 53.4 cm³/mol. The Morgan fingerprint density at radius 1 is 1.47 bits per heavy atom. The number of phenols is 2. The van der Waals surface area contributed by atoms with Crippen LogP contribution in [0.5, 0.6) is 11.5 Å². The van der Waals surface area contributed by atoms with E-state index in [2.05, 4.69) is 4.29 Å². The van der Waals surface area contributed by atoms with Crippen LogP contribution >= 0.6 is 11.9 Å². The highest BCUT2D eigenvalue weighted by Crippen LogP contribution is 2.25. The minimum atomic E-state index is -0.897. The smallest absolute Gasteiger partial charge is 0.341 e. The Bertz CT molecular complexity index is 369. The number of halogens is 1. The van der Waals surface area contributed by atoms with Crippen molar-refractivity contribution >= 4 is 17.8 Å². The summed E-state index contributed by atoms with van der Waals surface area (Å²) in [5.74, 6) is -1.24. The molecule has 0 aromatic heterocycles.